The van der Waals surface area contributed by atoms with Crippen LogP contribution in [-0.2, 0) is 6.18 Å². The van der Waals surface area contributed by atoms with E-state index in [0.29, 0.717) is 11.2 Å². The van der Waals surface area contributed by atoms with Crippen LogP contribution >= 0.6 is 11.5 Å². The van der Waals surface area contributed by atoms with Gasteiger partial charge < -0.3 is 10.2 Å². The van der Waals surface area contributed by atoms with Gasteiger partial charge in [-0.2, -0.15) is 22.5 Å². The molecule has 4 nitrogen and oxygen atoms in total. The lowest BCUT2D eigenvalue weighted by molar-refractivity contribution is -0.144. The Labute approximate surface area is 120 Å². The Morgan fingerprint density at radius 2 is 2.15 bits per heavy atom. The van der Waals surface area contributed by atoms with Gasteiger partial charge in [0.1, 0.15) is 0 Å². The van der Waals surface area contributed by atoms with Crippen LogP contribution in [-0.4, -0.2) is 34.5 Å². The van der Waals surface area contributed by atoms with Crippen molar-refractivity contribution in [1.82, 2.24) is 14.7 Å². The van der Waals surface area contributed by atoms with E-state index in [9.17, 15) is 13.2 Å². The molecule has 0 saturated carbocycles. The van der Waals surface area contributed by atoms with Gasteiger partial charge in [0.15, 0.2) is 0 Å². The fraction of sp³-hybridized carbons (Fsp3) is 0.833. The number of hydrogen-bond donors (Lipinski definition) is 1. The summed E-state index contributed by atoms with van der Waals surface area (Å²) in [4.78, 5) is 5.63. The van der Waals surface area contributed by atoms with Crippen molar-refractivity contribution in [2.75, 3.05) is 18.0 Å². The molecule has 1 aromatic heterocycles. The molecule has 2 rings (SSSR count). The van der Waals surface area contributed by atoms with Crippen LogP contribution < -0.4 is 10.2 Å². The van der Waals surface area contributed by atoms with E-state index in [2.05, 4.69) is 28.5 Å². The first-order valence-corrected chi connectivity index (χ1v) is 7.56. The van der Waals surface area contributed by atoms with Gasteiger partial charge in [-0.3, -0.25) is 0 Å². The lowest BCUT2D eigenvalue weighted by Gasteiger charge is -2.35. The van der Waals surface area contributed by atoms with Gasteiger partial charge in [-0.25, -0.2) is 0 Å². The van der Waals surface area contributed by atoms with Gasteiger partial charge in [-0.15, -0.1) is 0 Å². The van der Waals surface area contributed by atoms with Crippen LogP contribution in [0.5, 0.6) is 0 Å². The van der Waals surface area contributed by atoms with Crippen LogP contribution in [0.2, 0.25) is 0 Å². The van der Waals surface area contributed by atoms with Crippen LogP contribution in [0.1, 0.15) is 38.9 Å². The van der Waals surface area contributed by atoms with Gasteiger partial charge in [-0.1, -0.05) is 13.8 Å². The van der Waals surface area contributed by atoms with Crippen molar-refractivity contribution >= 4 is 16.7 Å². The molecule has 20 heavy (non-hydrogen) atoms. The average molecular weight is 308 g/mol. The summed E-state index contributed by atoms with van der Waals surface area (Å²) >= 11 is 0.838. The molecule has 0 aromatic carbocycles. The van der Waals surface area contributed by atoms with E-state index in [1.807, 2.05) is 4.90 Å². The van der Waals surface area contributed by atoms with Crippen molar-refractivity contribution in [2.24, 2.45) is 0 Å². The third kappa shape index (κ3) is 3.82. The molecule has 0 aliphatic carbocycles. The number of piperidine rings is 1. The molecule has 114 valence electrons. The number of nitrogens with zero attached hydrogens (tertiary/aromatic N) is 3. The maximum absolute atomic E-state index is 12.6. The van der Waals surface area contributed by atoms with E-state index < -0.39 is 12.0 Å². The summed E-state index contributed by atoms with van der Waals surface area (Å²) in [5.41, 5.74) is 0. The number of anilines is 1. The molecule has 0 spiro atoms. The third-order valence-corrected chi connectivity index (χ3v) is 4.06. The van der Waals surface area contributed by atoms with Gasteiger partial charge >= 0.3 is 6.18 Å². The number of hydrogen-bond acceptors (Lipinski definition) is 5. The van der Waals surface area contributed by atoms with Gasteiger partial charge in [-0.05, 0) is 19.3 Å². The summed E-state index contributed by atoms with van der Waals surface area (Å²) in [6, 6.07) is 0.555. The van der Waals surface area contributed by atoms with Crippen LogP contribution in [0, 0.1) is 0 Å². The Morgan fingerprint density at radius 3 is 2.75 bits per heavy atom. The van der Waals surface area contributed by atoms with Crippen molar-refractivity contribution in [3.8, 4) is 0 Å². The molecule has 2 heterocycles. The second kappa shape index (κ2) is 6.26. The maximum atomic E-state index is 12.6. The highest BCUT2D eigenvalue weighted by Crippen LogP contribution is 2.32. The molecule has 8 heteroatoms. The zero-order chi connectivity index (χ0) is 14.8. The molecule has 1 unspecified atom stereocenters. The predicted molar refractivity (Wildman–Crippen MR) is 73.0 cm³/mol. The molecule has 0 bridgehead atoms. The smallest absolute Gasteiger partial charge is 0.343 e. The van der Waals surface area contributed by atoms with Crippen LogP contribution in [0.15, 0.2) is 0 Å². The topological polar surface area (TPSA) is 41.0 Å². The minimum atomic E-state index is -4.46. The largest absolute Gasteiger partial charge is 0.452 e. The van der Waals surface area contributed by atoms with Crippen LogP contribution in [0.4, 0.5) is 18.3 Å². The number of halogens is 3. The van der Waals surface area contributed by atoms with Crippen LogP contribution in [0.3, 0.4) is 0 Å². The minimum absolute atomic E-state index is 0.195. The number of nitrogens with one attached hydrogen (secondary N) is 1. The average Bonchev–Trinajstić information content (AvgIpc) is 2.86. The van der Waals surface area contributed by atoms with E-state index in [-0.39, 0.29) is 6.04 Å². The minimum Gasteiger partial charge on any atom is -0.343 e. The second-order valence-corrected chi connectivity index (χ2v) is 6.03. The van der Waals surface area contributed by atoms with Crippen molar-refractivity contribution in [3.63, 3.8) is 0 Å². The monoisotopic (exact) mass is 308 g/mol. The molecule has 1 saturated heterocycles. The third-order valence-electron chi connectivity index (χ3n) is 3.30. The molecule has 0 amide bonds. The highest BCUT2D eigenvalue weighted by molar-refractivity contribution is 7.09. The van der Waals surface area contributed by atoms with Crippen LogP contribution in [0.25, 0.3) is 0 Å². The SMILES string of the molecule is CC(C)NCC1CCCCN1c1nc(C(F)(F)F)ns1. The molecule has 0 radical (unpaired) electrons. The molecular formula is C12H19F3N4S. The summed E-state index contributed by atoms with van der Waals surface area (Å²) in [5.74, 6) is -1.03. The lowest BCUT2D eigenvalue weighted by atomic mass is 10.0. The fourth-order valence-corrected chi connectivity index (χ4v) is 3.07. The van der Waals surface area contributed by atoms with Gasteiger partial charge in [0.25, 0.3) is 0 Å². The summed E-state index contributed by atoms with van der Waals surface area (Å²) in [7, 11) is 0. The zero-order valence-corrected chi connectivity index (χ0v) is 12.4. The first kappa shape index (κ1) is 15.5. The Kier molecular flexibility index (Phi) is 4.85. The van der Waals surface area contributed by atoms with Crippen molar-refractivity contribution < 1.29 is 13.2 Å². The molecule has 1 aromatic rings. The number of alkyl halides is 3. The maximum Gasteiger partial charge on any atom is 0.452 e. The van der Waals surface area contributed by atoms with E-state index >= 15 is 0 Å². The summed E-state index contributed by atoms with van der Waals surface area (Å²) in [6.07, 6.45) is -1.40. The molecule has 1 N–H and O–H groups in total. The molecule has 1 atom stereocenters. The van der Waals surface area contributed by atoms with Gasteiger partial charge in [0.2, 0.25) is 11.0 Å². The number of rotatable bonds is 4. The number of aromatic nitrogens is 2. The second-order valence-electron chi connectivity index (χ2n) is 5.30. The fourth-order valence-electron chi connectivity index (χ4n) is 2.28. The Bertz CT molecular complexity index is 433. The quantitative estimate of drug-likeness (QED) is 0.928. The highest BCUT2D eigenvalue weighted by Gasteiger charge is 2.37. The predicted octanol–water partition coefficient (Wildman–Crippen LogP) is 2.91. The van der Waals surface area contributed by atoms with Crippen molar-refractivity contribution in [2.45, 2.75) is 51.4 Å². The first-order valence-electron chi connectivity index (χ1n) is 6.79. The van der Waals surface area contributed by atoms with Crippen molar-refractivity contribution in [1.29, 1.82) is 0 Å². The Morgan fingerprint density at radius 1 is 1.40 bits per heavy atom. The standard InChI is InChI=1S/C12H19F3N4S/c1-8(2)16-7-9-5-3-4-6-19(9)11-17-10(18-20-11)12(13,14)15/h8-9,16H,3-7H2,1-2H3. The van der Waals surface area contributed by atoms with Gasteiger partial charge in [0.05, 0.1) is 0 Å². The molecule has 1 fully saturated rings. The van der Waals surface area contributed by atoms with E-state index in [1.165, 1.54) is 0 Å². The summed E-state index contributed by atoms with van der Waals surface area (Å²) in [6.45, 7) is 5.62. The lowest BCUT2D eigenvalue weighted by Crippen LogP contribution is -2.47. The normalized spacial score (nSPS) is 20.7. The summed E-state index contributed by atoms with van der Waals surface area (Å²) in [5, 5.41) is 3.73. The van der Waals surface area contributed by atoms with E-state index in [1.54, 1.807) is 0 Å². The Balaban J connectivity index is 2.09. The summed E-state index contributed by atoms with van der Waals surface area (Å²) < 4.78 is 41.1. The molecule has 1 aliphatic rings. The highest BCUT2D eigenvalue weighted by atomic mass is 32.1. The molecule has 1 aliphatic heterocycles. The van der Waals surface area contributed by atoms with Gasteiger partial charge in [0, 0.05) is 36.7 Å². The van der Waals surface area contributed by atoms with E-state index in [0.717, 1.165) is 43.9 Å². The zero-order valence-electron chi connectivity index (χ0n) is 11.6. The Hall–Kier alpha value is -0.890. The molecular weight excluding hydrogens is 289 g/mol. The van der Waals surface area contributed by atoms with E-state index in [4.69, 9.17) is 0 Å². The van der Waals surface area contributed by atoms with Crippen molar-refractivity contribution in [3.05, 3.63) is 5.82 Å². The first-order chi connectivity index (χ1) is 9.38.